The normalized spacial score (nSPS) is 10.3. The average Bonchev–Trinajstić information content (AvgIpc) is 2.79. The van der Waals surface area contributed by atoms with Crippen molar-refractivity contribution in [1.82, 2.24) is 0 Å². The van der Waals surface area contributed by atoms with Crippen molar-refractivity contribution in [2.24, 2.45) is 0 Å². The van der Waals surface area contributed by atoms with E-state index in [9.17, 15) is 10.1 Å². The molecule has 0 bridgehead atoms. The van der Waals surface area contributed by atoms with Crippen molar-refractivity contribution >= 4 is 49.6 Å². The molecule has 0 aliphatic rings. The van der Waals surface area contributed by atoms with Gasteiger partial charge in [0.1, 0.15) is 0 Å². The number of benzene rings is 1. The van der Waals surface area contributed by atoms with Crippen LogP contribution in [0.1, 0.15) is 5.56 Å². The third kappa shape index (κ3) is 3.22. The maximum absolute atomic E-state index is 10.6. The summed E-state index contributed by atoms with van der Waals surface area (Å²) in [6, 6.07) is 7.06. The monoisotopic (exact) mass is 346 g/mol. The van der Waals surface area contributed by atoms with Gasteiger partial charge >= 0.3 is 5.00 Å². The number of halogens is 2. The summed E-state index contributed by atoms with van der Waals surface area (Å²) in [5.74, 6) is 0. The topological polar surface area (TPSA) is 55.2 Å². The lowest BCUT2D eigenvalue weighted by Gasteiger charge is -2.07. The molecule has 1 N–H and O–H groups in total. The lowest BCUT2D eigenvalue weighted by atomic mass is 10.3. The van der Waals surface area contributed by atoms with Gasteiger partial charge in [-0.25, -0.2) is 0 Å². The zero-order chi connectivity index (χ0) is 13.1. The second-order valence-electron chi connectivity index (χ2n) is 3.53. The van der Waals surface area contributed by atoms with Gasteiger partial charge in [0.2, 0.25) is 0 Å². The van der Waals surface area contributed by atoms with E-state index in [4.69, 9.17) is 11.6 Å². The van der Waals surface area contributed by atoms with Gasteiger partial charge in [-0.05, 0) is 23.8 Å². The van der Waals surface area contributed by atoms with E-state index in [1.54, 1.807) is 17.5 Å². The van der Waals surface area contributed by atoms with E-state index >= 15 is 0 Å². The van der Waals surface area contributed by atoms with E-state index in [1.807, 2.05) is 12.1 Å². The molecule has 1 aromatic carbocycles. The fraction of sp³-hybridized carbons (Fsp3) is 0.0909. The minimum absolute atomic E-state index is 0.145. The van der Waals surface area contributed by atoms with Crippen LogP contribution in [0, 0.1) is 10.1 Å². The van der Waals surface area contributed by atoms with E-state index in [0.29, 0.717) is 11.6 Å². The summed E-state index contributed by atoms with van der Waals surface area (Å²) in [5.41, 5.74) is 1.66. The van der Waals surface area contributed by atoms with Crippen LogP contribution in [0.15, 0.2) is 34.1 Å². The van der Waals surface area contributed by atoms with Gasteiger partial charge in [-0.2, -0.15) is 0 Å². The lowest BCUT2D eigenvalue weighted by molar-refractivity contribution is -0.380. The lowest BCUT2D eigenvalue weighted by Crippen LogP contribution is -1.98. The van der Waals surface area contributed by atoms with Crippen molar-refractivity contribution in [3.8, 4) is 0 Å². The highest BCUT2D eigenvalue weighted by atomic mass is 79.9. The van der Waals surface area contributed by atoms with Crippen LogP contribution in [-0.4, -0.2) is 4.92 Å². The summed E-state index contributed by atoms with van der Waals surface area (Å²) >= 11 is 10.5. The summed E-state index contributed by atoms with van der Waals surface area (Å²) in [5, 5.41) is 16.2. The first-order valence-corrected chi connectivity index (χ1v) is 7.02. The van der Waals surface area contributed by atoms with Crippen molar-refractivity contribution in [3.05, 3.63) is 54.8 Å². The largest absolute Gasteiger partial charge is 0.380 e. The zero-order valence-electron chi connectivity index (χ0n) is 9.02. The van der Waals surface area contributed by atoms with Crippen LogP contribution in [-0.2, 0) is 6.54 Å². The molecule has 2 aromatic rings. The number of rotatable bonds is 4. The first-order valence-electron chi connectivity index (χ1n) is 4.97. The first kappa shape index (κ1) is 13.3. The van der Waals surface area contributed by atoms with E-state index < -0.39 is 0 Å². The fourth-order valence-electron chi connectivity index (χ4n) is 1.38. The Hall–Kier alpha value is -1.11. The van der Waals surface area contributed by atoms with Gasteiger partial charge in [0, 0.05) is 22.5 Å². The number of nitro groups is 1. The fourth-order valence-corrected chi connectivity index (χ4v) is 2.66. The van der Waals surface area contributed by atoms with Crippen LogP contribution in [0.2, 0.25) is 5.02 Å². The SMILES string of the molecule is O=[N+]([O-])c1cc(CNc2cc(Br)ccc2Cl)cs1. The highest BCUT2D eigenvalue weighted by Gasteiger charge is 2.09. The molecule has 0 saturated carbocycles. The Morgan fingerprint density at radius 1 is 1.44 bits per heavy atom. The predicted molar refractivity (Wildman–Crippen MR) is 77.5 cm³/mol. The number of thiophene rings is 1. The van der Waals surface area contributed by atoms with Crippen molar-refractivity contribution in [2.75, 3.05) is 5.32 Å². The quantitative estimate of drug-likeness (QED) is 0.645. The summed E-state index contributed by atoms with van der Waals surface area (Å²) in [6.07, 6.45) is 0. The molecule has 0 spiro atoms. The highest BCUT2D eigenvalue weighted by molar-refractivity contribution is 9.10. The summed E-state index contributed by atoms with van der Waals surface area (Å²) in [7, 11) is 0. The number of anilines is 1. The molecule has 2 rings (SSSR count). The summed E-state index contributed by atoms with van der Waals surface area (Å²) < 4.78 is 0.922. The van der Waals surface area contributed by atoms with Crippen molar-refractivity contribution in [2.45, 2.75) is 6.54 Å². The van der Waals surface area contributed by atoms with E-state index in [-0.39, 0.29) is 9.92 Å². The van der Waals surface area contributed by atoms with E-state index in [2.05, 4.69) is 21.2 Å². The maximum atomic E-state index is 10.6. The van der Waals surface area contributed by atoms with Gasteiger partial charge in [0.15, 0.2) is 0 Å². The Bertz CT molecular complexity index is 588. The molecule has 0 unspecified atom stereocenters. The molecule has 0 atom stereocenters. The number of hydrogen-bond donors (Lipinski definition) is 1. The van der Waals surface area contributed by atoms with Crippen LogP contribution in [0.5, 0.6) is 0 Å². The molecule has 4 nitrogen and oxygen atoms in total. The number of nitrogens with one attached hydrogen (secondary N) is 1. The summed E-state index contributed by atoms with van der Waals surface area (Å²) in [4.78, 5) is 10.2. The molecule has 0 aliphatic heterocycles. The zero-order valence-corrected chi connectivity index (χ0v) is 12.2. The maximum Gasteiger partial charge on any atom is 0.324 e. The molecule has 18 heavy (non-hydrogen) atoms. The third-order valence-corrected chi connectivity index (χ3v) is 3.98. The molecule has 0 saturated heterocycles. The predicted octanol–water partition coefficient (Wildman–Crippen LogP) is 4.68. The van der Waals surface area contributed by atoms with Crippen molar-refractivity contribution < 1.29 is 4.92 Å². The van der Waals surface area contributed by atoms with Gasteiger partial charge in [-0.3, -0.25) is 10.1 Å². The summed E-state index contributed by atoms with van der Waals surface area (Å²) in [6.45, 7) is 0.501. The Balaban J connectivity index is 2.06. The molecular formula is C11H8BrClN2O2S. The van der Waals surface area contributed by atoms with Gasteiger partial charge in [0.05, 0.1) is 15.6 Å². The van der Waals surface area contributed by atoms with Gasteiger partial charge in [-0.15, -0.1) is 0 Å². The van der Waals surface area contributed by atoms with Crippen LogP contribution >= 0.6 is 38.9 Å². The minimum Gasteiger partial charge on any atom is -0.380 e. The molecule has 7 heteroatoms. The number of nitrogens with zero attached hydrogens (tertiary/aromatic N) is 1. The highest BCUT2D eigenvalue weighted by Crippen LogP contribution is 2.27. The molecule has 0 aliphatic carbocycles. The van der Waals surface area contributed by atoms with E-state index in [0.717, 1.165) is 27.1 Å². The van der Waals surface area contributed by atoms with Gasteiger partial charge in [0.25, 0.3) is 0 Å². The van der Waals surface area contributed by atoms with Crippen LogP contribution in [0.3, 0.4) is 0 Å². The van der Waals surface area contributed by atoms with Gasteiger partial charge in [-0.1, -0.05) is 38.9 Å². The first-order chi connectivity index (χ1) is 8.56. The molecule has 1 aromatic heterocycles. The molecule has 0 amide bonds. The molecule has 1 heterocycles. The molecule has 94 valence electrons. The standard InChI is InChI=1S/C11H8BrClN2O2S/c12-8-1-2-9(13)10(4-8)14-5-7-3-11(15(16)17)18-6-7/h1-4,6,14H,5H2. The second-order valence-corrected chi connectivity index (χ2v) is 5.74. The molecule has 0 radical (unpaired) electrons. The Morgan fingerprint density at radius 2 is 2.22 bits per heavy atom. The number of hydrogen-bond acceptors (Lipinski definition) is 4. The van der Waals surface area contributed by atoms with Crippen molar-refractivity contribution in [1.29, 1.82) is 0 Å². The average molecular weight is 348 g/mol. The van der Waals surface area contributed by atoms with Crippen LogP contribution in [0.25, 0.3) is 0 Å². The van der Waals surface area contributed by atoms with Gasteiger partial charge < -0.3 is 5.32 Å². The Labute approximate surface area is 121 Å². The van der Waals surface area contributed by atoms with Crippen molar-refractivity contribution in [3.63, 3.8) is 0 Å². The second kappa shape index (κ2) is 5.69. The Morgan fingerprint density at radius 3 is 2.89 bits per heavy atom. The molecular weight excluding hydrogens is 340 g/mol. The van der Waals surface area contributed by atoms with Crippen LogP contribution < -0.4 is 5.32 Å². The Kier molecular flexibility index (Phi) is 4.21. The van der Waals surface area contributed by atoms with E-state index in [1.165, 1.54) is 0 Å². The minimum atomic E-state index is -0.389. The smallest absolute Gasteiger partial charge is 0.324 e. The molecule has 0 fully saturated rings. The van der Waals surface area contributed by atoms with Crippen LogP contribution in [0.4, 0.5) is 10.7 Å². The third-order valence-electron chi connectivity index (χ3n) is 2.23.